The second-order valence-corrected chi connectivity index (χ2v) is 18.4. The van der Waals surface area contributed by atoms with Gasteiger partial charge in [-0.25, -0.2) is 0 Å². The zero-order valence-electron chi connectivity index (χ0n) is 34.4. The third-order valence-corrected chi connectivity index (χ3v) is 14.5. The molecule has 0 saturated carbocycles. The van der Waals surface area contributed by atoms with Crippen LogP contribution >= 0.6 is 23.5 Å². The molecule has 2 aliphatic heterocycles. The fourth-order valence-electron chi connectivity index (χ4n) is 8.87. The quantitative estimate of drug-likeness (QED) is 0.140. The SMILES string of the molecule is CN1CCN(C2=C(Sc3ccc(-c4ccccc4)cc3)C(=O)c3ccc(CN4CCN(C5=C(Sc6ccc7ccccc7c6)C(=O)c6ccccc6C5=O)CC4)cc3C2=O)CC1. The number of carbonyl (C=O) groups is 4. The molecule has 0 bridgehead atoms. The number of carbonyl (C=O) groups excluding carboxylic acids is 4. The van der Waals surface area contributed by atoms with E-state index < -0.39 is 0 Å². The molecule has 6 aromatic rings. The van der Waals surface area contributed by atoms with Crippen LogP contribution in [0.1, 0.15) is 47.0 Å². The first-order valence-corrected chi connectivity index (χ1v) is 22.7. The summed E-state index contributed by atoms with van der Waals surface area (Å²) in [5, 5.41) is 2.19. The molecule has 0 amide bonds. The lowest BCUT2D eigenvalue weighted by Gasteiger charge is -2.39. The molecule has 0 N–H and O–H groups in total. The average molecular weight is 853 g/mol. The van der Waals surface area contributed by atoms with Crippen LogP contribution < -0.4 is 0 Å². The van der Waals surface area contributed by atoms with Crippen LogP contribution in [0.5, 0.6) is 0 Å². The molecular formula is C52H44N4O4S2. The molecule has 4 aliphatic rings. The van der Waals surface area contributed by atoms with Gasteiger partial charge in [0.25, 0.3) is 0 Å². The van der Waals surface area contributed by atoms with Crippen LogP contribution in [-0.4, -0.2) is 102 Å². The largest absolute Gasteiger partial charge is 0.365 e. The fourth-order valence-corrected chi connectivity index (χ4v) is 11.0. The summed E-state index contributed by atoms with van der Waals surface area (Å²) in [6.07, 6.45) is 0. The molecule has 2 heterocycles. The van der Waals surface area contributed by atoms with E-state index in [1.165, 1.54) is 23.5 Å². The van der Waals surface area contributed by atoms with Gasteiger partial charge >= 0.3 is 0 Å². The normalized spacial score (nSPS) is 17.6. The highest BCUT2D eigenvalue weighted by Crippen LogP contribution is 2.41. The Balaban J connectivity index is 0.885. The standard InChI is InChI=1S/C52H44N4O4S2/c1-53-23-27-55(28-24-53)46-48(58)44-31-34(15-22-43(44)50(60)51(46)61-39-19-16-37(17-20-39)35-9-3-2-4-10-35)33-54-25-29-56(30-26-54)45-47(57)41-13-7-8-14-42(41)49(59)52(45)62-40-21-18-36-11-5-6-12-38(36)32-40/h2-22,31-32H,23-30,33H2,1H3. The Morgan fingerprint density at radius 2 is 0.952 bits per heavy atom. The summed E-state index contributed by atoms with van der Waals surface area (Å²) in [5.74, 6) is -0.481. The Bertz CT molecular complexity index is 2840. The number of piperazine rings is 2. The van der Waals surface area contributed by atoms with Crippen LogP contribution in [0.2, 0.25) is 0 Å². The van der Waals surface area contributed by atoms with Crippen molar-refractivity contribution in [3.63, 3.8) is 0 Å². The summed E-state index contributed by atoms with van der Waals surface area (Å²) in [6, 6.07) is 45.5. The van der Waals surface area contributed by atoms with Crippen molar-refractivity contribution in [3.05, 3.63) is 189 Å². The number of allylic oxidation sites excluding steroid dienone is 4. The van der Waals surface area contributed by atoms with E-state index in [4.69, 9.17) is 0 Å². The van der Waals surface area contributed by atoms with E-state index in [0.717, 1.165) is 50.3 Å². The molecule has 2 aliphatic carbocycles. The summed E-state index contributed by atoms with van der Waals surface area (Å²) in [7, 11) is 2.08. The predicted octanol–water partition coefficient (Wildman–Crippen LogP) is 9.34. The van der Waals surface area contributed by atoms with E-state index in [9.17, 15) is 19.2 Å². The summed E-state index contributed by atoms with van der Waals surface area (Å²) in [6.45, 7) is 5.95. The van der Waals surface area contributed by atoms with Gasteiger partial charge in [0, 0.05) is 90.9 Å². The predicted molar refractivity (Wildman–Crippen MR) is 248 cm³/mol. The number of hydrogen-bond donors (Lipinski definition) is 0. The molecule has 0 atom stereocenters. The van der Waals surface area contributed by atoms with Crippen LogP contribution in [0.25, 0.3) is 21.9 Å². The van der Waals surface area contributed by atoms with Gasteiger partial charge in [-0.3, -0.25) is 24.1 Å². The van der Waals surface area contributed by atoms with Crippen molar-refractivity contribution in [1.29, 1.82) is 0 Å². The number of Topliss-reactive ketones (excluding diaryl/α,β-unsaturated/α-hetero) is 4. The van der Waals surface area contributed by atoms with Crippen LogP contribution in [0.15, 0.2) is 171 Å². The first-order chi connectivity index (χ1) is 30.3. The number of nitrogens with zero attached hydrogens (tertiary/aromatic N) is 4. The van der Waals surface area contributed by atoms with Crippen LogP contribution in [0.4, 0.5) is 0 Å². The van der Waals surface area contributed by atoms with Crippen LogP contribution in [0, 0.1) is 0 Å². The number of hydrogen-bond acceptors (Lipinski definition) is 10. The first kappa shape index (κ1) is 40.1. The number of thioether (sulfide) groups is 2. The Morgan fingerprint density at radius 3 is 1.63 bits per heavy atom. The zero-order chi connectivity index (χ0) is 42.3. The van der Waals surface area contributed by atoms with Gasteiger partial charge in [-0.15, -0.1) is 0 Å². The number of ketones is 4. The van der Waals surface area contributed by atoms with Crippen molar-refractivity contribution < 1.29 is 19.2 Å². The van der Waals surface area contributed by atoms with Crippen LogP contribution in [-0.2, 0) is 6.54 Å². The third-order valence-electron chi connectivity index (χ3n) is 12.3. The van der Waals surface area contributed by atoms with E-state index in [1.807, 2.05) is 78.9 Å². The number of fused-ring (bicyclic) bond motifs is 3. The van der Waals surface area contributed by atoms with Gasteiger partial charge in [-0.05, 0) is 70.9 Å². The number of rotatable bonds is 9. The molecule has 2 fully saturated rings. The molecule has 0 spiro atoms. The van der Waals surface area contributed by atoms with Gasteiger partial charge < -0.3 is 14.7 Å². The van der Waals surface area contributed by atoms with E-state index in [1.54, 1.807) is 12.1 Å². The average Bonchev–Trinajstić information content (AvgIpc) is 3.31. The second-order valence-electron chi connectivity index (χ2n) is 16.3. The topological polar surface area (TPSA) is 81.2 Å². The van der Waals surface area contributed by atoms with Crippen LogP contribution in [0.3, 0.4) is 0 Å². The molecule has 0 aromatic heterocycles. The molecular weight excluding hydrogens is 809 g/mol. The van der Waals surface area contributed by atoms with Gasteiger partial charge in [-0.1, -0.05) is 127 Å². The zero-order valence-corrected chi connectivity index (χ0v) is 36.0. The molecule has 62 heavy (non-hydrogen) atoms. The van der Waals surface area contributed by atoms with E-state index >= 15 is 0 Å². The molecule has 8 nitrogen and oxygen atoms in total. The number of benzene rings is 6. The molecule has 2 saturated heterocycles. The molecule has 0 unspecified atom stereocenters. The molecule has 308 valence electrons. The van der Waals surface area contributed by atoms with Crippen molar-refractivity contribution >= 4 is 57.4 Å². The second kappa shape index (κ2) is 17.0. The lowest BCUT2D eigenvalue weighted by Crippen LogP contribution is -2.47. The Hall–Kier alpha value is -6.04. The monoisotopic (exact) mass is 852 g/mol. The number of likely N-dealkylation sites (N-methyl/N-ethyl adjacent to an activating group) is 1. The van der Waals surface area contributed by atoms with Gasteiger partial charge in [-0.2, -0.15) is 0 Å². The molecule has 6 aromatic carbocycles. The van der Waals surface area contributed by atoms with Crippen molar-refractivity contribution in [2.24, 2.45) is 0 Å². The van der Waals surface area contributed by atoms with Crippen molar-refractivity contribution in [1.82, 2.24) is 19.6 Å². The summed E-state index contributed by atoms with van der Waals surface area (Å²) < 4.78 is 0. The molecule has 0 radical (unpaired) electrons. The van der Waals surface area contributed by atoms with E-state index in [-0.39, 0.29) is 23.1 Å². The molecule has 10 heteroatoms. The maximum absolute atomic E-state index is 14.7. The maximum atomic E-state index is 14.7. The molecule has 10 rings (SSSR count). The summed E-state index contributed by atoms with van der Waals surface area (Å²) >= 11 is 2.75. The smallest absolute Gasteiger partial charge is 0.211 e. The van der Waals surface area contributed by atoms with Crippen molar-refractivity contribution in [2.75, 3.05) is 59.4 Å². The minimum Gasteiger partial charge on any atom is -0.365 e. The van der Waals surface area contributed by atoms with E-state index in [2.05, 4.69) is 75.2 Å². The maximum Gasteiger partial charge on any atom is 0.211 e. The minimum absolute atomic E-state index is 0.108. The first-order valence-electron chi connectivity index (χ1n) is 21.1. The highest BCUT2D eigenvalue weighted by atomic mass is 32.2. The highest BCUT2D eigenvalue weighted by molar-refractivity contribution is 8.04. The van der Waals surface area contributed by atoms with Gasteiger partial charge in [0.15, 0.2) is 0 Å². The van der Waals surface area contributed by atoms with Crippen molar-refractivity contribution in [2.45, 2.75) is 16.3 Å². The van der Waals surface area contributed by atoms with Crippen molar-refractivity contribution in [3.8, 4) is 11.1 Å². The van der Waals surface area contributed by atoms with Gasteiger partial charge in [0.1, 0.15) is 11.4 Å². The Labute approximate surface area is 369 Å². The van der Waals surface area contributed by atoms with E-state index in [0.29, 0.717) is 89.3 Å². The van der Waals surface area contributed by atoms with Gasteiger partial charge in [0.05, 0.1) is 9.81 Å². The lowest BCUT2D eigenvalue weighted by atomic mass is 9.90. The summed E-state index contributed by atoms with van der Waals surface area (Å²) in [5.41, 5.74) is 5.91. The summed E-state index contributed by atoms with van der Waals surface area (Å²) in [4.78, 5) is 69.0. The Morgan fingerprint density at radius 1 is 0.435 bits per heavy atom. The lowest BCUT2D eigenvalue weighted by molar-refractivity contribution is 0.0907. The van der Waals surface area contributed by atoms with Gasteiger partial charge in [0.2, 0.25) is 23.1 Å². The third kappa shape index (κ3) is 7.73. The Kier molecular flexibility index (Phi) is 11.0. The highest BCUT2D eigenvalue weighted by Gasteiger charge is 2.39. The fraction of sp³-hybridized carbons (Fsp3) is 0.192. The minimum atomic E-state index is -0.128.